The number of carbonyl (C=O) groups excluding carboxylic acids is 1. The molecule has 0 aromatic heterocycles. The zero-order valence-corrected chi connectivity index (χ0v) is 18.2. The van der Waals surface area contributed by atoms with Gasteiger partial charge in [-0.1, -0.05) is 11.6 Å². The van der Waals surface area contributed by atoms with Crippen LogP contribution >= 0.6 is 11.6 Å². The fraction of sp³-hybridized carbons (Fsp3) is 0.0909. The monoisotopic (exact) mass is 482 g/mol. The van der Waals surface area contributed by atoms with Crippen LogP contribution in [0.3, 0.4) is 0 Å². The van der Waals surface area contributed by atoms with Gasteiger partial charge in [-0.05, 0) is 54.6 Å². The number of ether oxygens (including phenoxy) is 2. The van der Waals surface area contributed by atoms with Gasteiger partial charge in [0.2, 0.25) is 23.8 Å². The normalized spacial score (nSPS) is 14.8. The first-order chi connectivity index (χ1) is 16.2. The van der Waals surface area contributed by atoms with Gasteiger partial charge in [0, 0.05) is 29.1 Å². The Bertz CT molecular complexity index is 1310. The van der Waals surface area contributed by atoms with Crippen molar-refractivity contribution in [1.29, 1.82) is 0 Å². The van der Waals surface area contributed by atoms with E-state index >= 15 is 0 Å². The zero-order chi connectivity index (χ0) is 24.4. The van der Waals surface area contributed by atoms with Crippen LogP contribution in [0.5, 0.6) is 11.5 Å². The van der Waals surface area contributed by atoms with Crippen LogP contribution in [-0.4, -0.2) is 26.7 Å². The average molecular weight is 483 g/mol. The van der Waals surface area contributed by atoms with Gasteiger partial charge in [0.15, 0.2) is 0 Å². The summed E-state index contributed by atoms with van der Waals surface area (Å²) in [7, 11) is 0. The summed E-state index contributed by atoms with van der Waals surface area (Å²) in [6.45, 7) is 1.36. The van der Waals surface area contributed by atoms with Crippen LogP contribution in [0.4, 0.5) is 11.4 Å². The number of non-ortho nitro benzene ring substituents is 1. The molecule has 12 heteroatoms. The molecule has 1 unspecified atom stereocenters. The fourth-order valence-electron chi connectivity index (χ4n) is 3.17. The van der Waals surface area contributed by atoms with E-state index in [1.165, 1.54) is 24.1 Å². The lowest BCUT2D eigenvalue weighted by atomic mass is 10.2. The number of nitro benzene ring substituents is 2. The van der Waals surface area contributed by atoms with Gasteiger partial charge < -0.3 is 9.47 Å². The van der Waals surface area contributed by atoms with Crippen molar-refractivity contribution in [2.45, 2.75) is 13.2 Å². The summed E-state index contributed by atoms with van der Waals surface area (Å²) in [4.78, 5) is 32.8. The van der Waals surface area contributed by atoms with Gasteiger partial charge in [0.1, 0.15) is 5.75 Å². The minimum absolute atomic E-state index is 0.154. The van der Waals surface area contributed by atoms with Crippen LogP contribution in [0.1, 0.15) is 24.3 Å². The maximum Gasteiger partial charge on any atom is 0.318 e. The summed E-state index contributed by atoms with van der Waals surface area (Å²) in [6.07, 6.45) is -0.828. The molecule has 0 saturated heterocycles. The molecule has 1 aliphatic rings. The number of amides is 1. The Hall–Kier alpha value is -4.51. The molecule has 0 N–H and O–H groups in total. The summed E-state index contributed by atoms with van der Waals surface area (Å²) >= 11 is 5.92. The first-order valence-electron chi connectivity index (χ1n) is 9.74. The van der Waals surface area contributed by atoms with Crippen LogP contribution in [0.15, 0.2) is 71.8 Å². The number of benzene rings is 3. The lowest BCUT2D eigenvalue weighted by Crippen LogP contribution is -2.25. The van der Waals surface area contributed by atoms with Gasteiger partial charge in [0.05, 0.1) is 15.9 Å². The molecule has 0 bridgehead atoms. The van der Waals surface area contributed by atoms with Crippen molar-refractivity contribution in [1.82, 2.24) is 5.01 Å². The number of halogens is 1. The summed E-state index contributed by atoms with van der Waals surface area (Å²) in [5.74, 6) is 0.000553. The molecule has 172 valence electrons. The number of hydrogen-bond donors (Lipinski definition) is 0. The van der Waals surface area contributed by atoms with Crippen LogP contribution in [0, 0.1) is 20.2 Å². The summed E-state index contributed by atoms with van der Waals surface area (Å²) < 4.78 is 11.5. The van der Waals surface area contributed by atoms with E-state index in [0.717, 1.165) is 18.2 Å². The minimum Gasteiger partial charge on any atom is -0.450 e. The standard InChI is InChI=1S/C22H15ClN4O7/c1-13(28)25-22(34-21(24-25)14-2-6-16(23)7-3-14)15-4-9-18(10-5-15)33-20-11-8-17(26(29)30)12-19(20)27(31)32/h2-12,22H,1H3. The highest BCUT2D eigenvalue weighted by Gasteiger charge is 2.33. The number of rotatable bonds is 6. The molecular formula is C22H15ClN4O7. The van der Waals surface area contributed by atoms with Gasteiger partial charge in [-0.15, -0.1) is 5.10 Å². The van der Waals surface area contributed by atoms with Crippen molar-refractivity contribution in [2.24, 2.45) is 5.10 Å². The van der Waals surface area contributed by atoms with Crippen molar-refractivity contribution in [2.75, 3.05) is 0 Å². The average Bonchev–Trinajstić information content (AvgIpc) is 3.26. The molecule has 0 radical (unpaired) electrons. The first kappa shape index (κ1) is 22.7. The second kappa shape index (κ2) is 9.16. The Balaban J connectivity index is 1.56. The summed E-state index contributed by atoms with van der Waals surface area (Å²) in [5.41, 5.74) is 0.256. The molecule has 34 heavy (non-hydrogen) atoms. The number of nitrogens with zero attached hydrogens (tertiary/aromatic N) is 4. The van der Waals surface area contributed by atoms with Crippen LogP contribution in [0.25, 0.3) is 0 Å². The van der Waals surface area contributed by atoms with E-state index in [2.05, 4.69) is 5.10 Å². The van der Waals surface area contributed by atoms with Gasteiger partial charge in [-0.2, -0.15) is 5.01 Å². The van der Waals surface area contributed by atoms with Gasteiger partial charge in [-0.25, -0.2) is 0 Å². The lowest BCUT2D eigenvalue weighted by Gasteiger charge is -2.19. The maximum atomic E-state index is 12.1. The molecule has 0 fully saturated rings. The molecule has 1 amide bonds. The van der Waals surface area contributed by atoms with Gasteiger partial charge >= 0.3 is 5.69 Å². The summed E-state index contributed by atoms with van der Waals surface area (Å²) in [6, 6.07) is 16.2. The molecule has 1 atom stereocenters. The third-order valence-electron chi connectivity index (χ3n) is 4.80. The second-order valence-corrected chi connectivity index (χ2v) is 7.52. The van der Waals surface area contributed by atoms with Crippen LogP contribution < -0.4 is 4.74 Å². The topological polar surface area (TPSA) is 137 Å². The minimum atomic E-state index is -0.828. The highest BCUT2D eigenvalue weighted by molar-refractivity contribution is 6.30. The van der Waals surface area contributed by atoms with Gasteiger partial charge in [0.25, 0.3) is 5.69 Å². The predicted octanol–water partition coefficient (Wildman–Crippen LogP) is 5.19. The van der Waals surface area contributed by atoms with E-state index in [1.54, 1.807) is 36.4 Å². The number of carbonyl (C=O) groups is 1. The molecule has 3 aromatic carbocycles. The Morgan fingerprint density at radius 3 is 2.29 bits per heavy atom. The highest BCUT2D eigenvalue weighted by atomic mass is 35.5. The highest BCUT2D eigenvalue weighted by Crippen LogP contribution is 2.36. The quantitative estimate of drug-likeness (QED) is 0.348. The van der Waals surface area contributed by atoms with E-state index in [9.17, 15) is 25.0 Å². The third-order valence-corrected chi connectivity index (χ3v) is 5.05. The van der Waals surface area contributed by atoms with Crippen molar-refractivity contribution in [3.63, 3.8) is 0 Å². The van der Waals surface area contributed by atoms with E-state index in [1.807, 2.05) is 0 Å². The van der Waals surface area contributed by atoms with E-state index in [0.29, 0.717) is 16.1 Å². The van der Waals surface area contributed by atoms with Crippen LogP contribution in [0.2, 0.25) is 5.02 Å². The Morgan fingerprint density at radius 2 is 1.71 bits per heavy atom. The fourth-order valence-corrected chi connectivity index (χ4v) is 3.29. The zero-order valence-electron chi connectivity index (χ0n) is 17.5. The third kappa shape index (κ3) is 4.64. The Morgan fingerprint density at radius 1 is 1.03 bits per heavy atom. The van der Waals surface area contributed by atoms with Crippen molar-refractivity contribution in [3.05, 3.63) is 103 Å². The molecule has 0 saturated carbocycles. The molecule has 1 aliphatic heterocycles. The predicted molar refractivity (Wildman–Crippen MR) is 121 cm³/mol. The summed E-state index contributed by atoms with van der Waals surface area (Å²) in [5, 5.41) is 28.2. The molecule has 11 nitrogen and oxygen atoms in total. The van der Waals surface area contributed by atoms with E-state index < -0.39 is 27.4 Å². The smallest absolute Gasteiger partial charge is 0.318 e. The van der Waals surface area contributed by atoms with Crippen molar-refractivity contribution >= 4 is 34.8 Å². The molecule has 1 heterocycles. The Kier molecular flexibility index (Phi) is 6.11. The number of hydrazone groups is 1. The molecular weight excluding hydrogens is 468 g/mol. The molecule has 4 rings (SSSR count). The molecule has 0 spiro atoms. The largest absolute Gasteiger partial charge is 0.450 e. The SMILES string of the molecule is CC(=O)N1N=C(c2ccc(Cl)cc2)OC1c1ccc(Oc2ccc([N+](=O)[O-])cc2[N+](=O)[O-])cc1. The number of hydrogen-bond acceptors (Lipinski definition) is 8. The van der Waals surface area contributed by atoms with Crippen LogP contribution in [-0.2, 0) is 9.53 Å². The van der Waals surface area contributed by atoms with E-state index in [-0.39, 0.29) is 23.3 Å². The first-order valence-corrected chi connectivity index (χ1v) is 10.1. The molecule has 3 aromatic rings. The maximum absolute atomic E-state index is 12.1. The van der Waals surface area contributed by atoms with Gasteiger partial charge in [-0.3, -0.25) is 25.0 Å². The Labute approximate surface area is 197 Å². The molecule has 0 aliphatic carbocycles. The number of nitro groups is 2. The van der Waals surface area contributed by atoms with E-state index in [4.69, 9.17) is 21.1 Å². The lowest BCUT2D eigenvalue weighted by molar-refractivity contribution is -0.394. The second-order valence-electron chi connectivity index (χ2n) is 7.08. The van der Waals surface area contributed by atoms with Crippen molar-refractivity contribution in [3.8, 4) is 11.5 Å². The van der Waals surface area contributed by atoms with Crippen molar-refractivity contribution < 1.29 is 24.1 Å².